The van der Waals surface area contributed by atoms with Gasteiger partial charge in [0.15, 0.2) is 4.96 Å². The Morgan fingerprint density at radius 1 is 1.12 bits per heavy atom. The number of nitrogens with one attached hydrogen (secondary N) is 2. The lowest BCUT2D eigenvalue weighted by Gasteiger charge is -2.17. The predicted octanol–water partition coefficient (Wildman–Crippen LogP) is 3.57. The van der Waals surface area contributed by atoms with Gasteiger partial charge in [-0.05, 0) is 56.4 Å². The zero-order chi connectivity index (χ0) is 24.2. The molecule has 8 nitrogen and oxygen atoms in total. The molecule has 34 heavy (non-hydrogen) atoms. The van der Waals surface area contributed by atoms with Crippen LogP contribution in [0.4, 0.5) is 4.39 Å². The number of pyridine rings is 1. The van der Waals surface area contributed by atoms with Gasteiger partial charge in [0.2, 0.25) is 0 Å². The largest absolute Gasteiger partial charge is 0.355 e. The number of hydrogen-bond acceptors (Lipinski definition) is 6. The van der Waals surface area contributed by atoms with Crippen molar-refractivity contribution in [2.24, 2.45) is 0 Å². The van der Waals surface area contributed by atoms with Gasteiger partial charge in [-0.1, -0.05) is 25.2 Å². The lowest BCUT2D eigenvalue weighted by molar-refractivity contribution is 0.0944. The van der Waals surface area contributed by atoms with E-state index in [1.807, 2.05) is 10.5 Å². The van der Waals surface area contributed by atoms with E-state index in [4.69, 9.17) is 0 Å². The fraction of sp³-hybridized carbons (Fsp3) is 0.333. The van der Waals surface area contributed by atoms with Gasteiger partial charge in [-0.3, -0.25) is 14.0 Å². The summed E-state index contributed by atoms with van der Waals surface area (Å²) in [5.41, 5.74) is 2.17. The summed E-state index contributed by atoms with van der Waals surface area (Å²) in [4.78, 5) is 36.9. The van der Waals surface area contributed by atoms with Crippen molar-refractivity contribution < 1.29 is 14.0 Å². The van der Waals surface area contributed by atoms with Gasteiger partial charge in [0.05, 0.1) is 11.2 Å². The van der Waals surface area contributed by atoms with E-state index in [0.717, 1.165) is 31.6 Å². The molecule has 4 aromatic rings. The van der Waals surface area contributed by atoms with E-state index in [1.54, 1.807) is 24.4 Å². The molecule has 2 amide bonds. The molecule has 3 heterocycles. The molecule has 0 saturated carbocycles. The van der Waals surface area contributed by atoms with Gasteiger partial charge in [0.25, 0.3) is 11.8 Å². The van der Waals surface area contributed by atoms with Crippen LogP contribution in [0.15, 0.2) is 36.5 Å². The predicted molar refractivity (Wildman–Crippen MR) is 132 cm³/mol. The third kappa shape index (κ3) is 4.78. The first-order valence-corrected chi connectivity index (χ1v) is 12.1. The standard InChI is InChI=1S/C24H27FN6O2S/c1-4-30(5-2)12-6-11-27-22(33)18-9-10-20-23(28-18)34-24-29-19(14-31(20)24)16-8-7-15(13-17(16)25)21(32)26-3/h7-10,13-14H,4-6,11-12H2,1-3H3,(H,26,32)(H,27,33). The van der Waals surface area contributed by atoms with E-state index in [9.17, 15) is 14.0 Å². The molecule has 0 bridgehead atoms. The molecular formula is C24H27FN6O2S. The average Bonchev–Trinajstić information content (AvgIpc) is 3.40. The molecule has 0 radical (unpaired) electrons. The van der Waals surface area contributed by atoms with Crippen LogP contribution >= 0.6 is 11.3 Å². The fourth-order valence-electron chi connectivity index (χ4n) is 3.79. The van der Waals surface area contributed by atoms with E-state index < -0.39 is 5.82 Å². The summed E-state index contributed by atoms with van der Waals surface area (Å²) in [6.45, 7) is 7.79. The summed E-state index contributed by atoms with van der Waals surface area (Å²) in [7, 11) is 1.50. The molecule has 0 atom stereocenters. The van der Waals surface area contributed by atoms with Gasteiger partial charge in [0.1, 0.15) is 16.3 Å². The molecule has 0 aliphatic rings. The lowest BCUT2D eigenvalue weighted by Crippen LogP contribution is -2.30. The number of aromatic nitrogens is 3. The second-order valence-electron chi connectivity index (χ2n) is 7.81. The molecule has 4 rings (SSSR count). The second-order valence-corrected chi connectivity index (χ2v) is 8.77. The van der Waals surface area contributed by atoms with Crippen LogP contribution in [0, 0.1) is 5.82 Å². The van der Waals surface area contributed by atoms with Gasteiger partial charge >= 0.3 is 0 Å². The molecule has 178 valence electrons. The lowest BCUT2D eigenvalue weighted by atomic mass is 10.1. The maximum Gasteiger partial charge on any atom is 0.269 e. The number of carbonyl (C=O) groups is 2. The SMILES string of the molecule is CCN(CC)CCCNC(=O)c1ccc2c(n1)sc1nc(-c3ccc(C(=O)NC)cc3F)cn12. The first-order valence-electron chi connectivity index (χ1n) is 11.3. The summed E-state index contributed by atoms with van der Waals surface area (Å²) < 4.78 is 16.5. The maximum atomic E-state index is 14.6. The minimum atomic E-state index is -0.519. The number of fused-ring (bicyclic) bond motifs is 3. The highest BCUT2D eigenvalue weighted by atomic mass is 32.1. The Balaban J connectivity index is 1.51. The van der Waals surface area contributed by atoms with E-state index >= 15 is 0 Å². The van der Waals surface area contributed by atoms with Gasteiger partial charge in [-0.2, -0.15) is 0 Å². The van der Waals surface area contributed by atoms with Gasteiger partial charge in [-0.15, -0.1) is 0 Å². The third-order valence-electron chi connectivity index (χ3n) is 5.76. The number of amides is 2. The van der Waals surface area contributed by atoms with Crippen molar-refractivity contribution in [1.29, 1.82) is 0 Å². The molecule has 0 spiro atoms. The smallest absolute Gasteiger partial charge is 0.269 e. The summed E-state index contributed by atoms with van der Waals surface area (Å²) in [6.07, 6.45) is 2.62. The van der Waals surface area contributed by atoms with E-state index in [0.29, 0.717) is 33.3 Å². The number of hydrogen-bond donors (Lipinski definition) is 2. The van der Waals surface area contributed by atoms with Gasteiger partial charge < -0.3 is 15.5 Å². The first-order chi connectivity index (χ1) is 16.4. The van der Waals surface area contributed by atoms with Crippen LogP contribution in [0.5, 0.6) is 0 Å². The summed E-state index contributed by atoms with van der Waals surface area (Å²) in [5.74, 6) is -1.07. The average molecular weight is 483 g/mol. The monoisotopic (exact) mass is 482 g/mol. The van der Waals surface area contributed by atoms with Crippen molar-refractivity contribution in [2.75, 3.05) is 33.2 Å². The molecule has 1 aromatic carbocycles. The van der Waals surface area contributed by atoms with Crippen LogP contribution in [-0.2, 0) is 0 Å². The highest BCUT2D eigenvalue weighted by Crippen LogP contribution is 2.30. The first kappa shape index (κ1) is 23.8. The fourth-order valence-corrected chi connectivity index (χ4v) is 4.77. The minimum absolute atomic E-state index is 0.202. The zero-order valence-electron chi connectivity index (χ0n) is 19.4. The number of halogens is 1. The molecule has 0 unspecified atom stereocenters. The van der Waals surface area contributed by atoms with E-state index in [2.05, 4.69) is 39.3 Å². The van der Waals surface area contributed by atoms with Crippen molar-refractivity contribution in [3.05, 3.63) is 53.6 Å². The van der Waals surface area contributed by atoms with E-state index in [1.165, 1.54) is 24.5 Å². The second kappa shape index (κ2) is 10.3. The molecule has 0 saturated heterocycles. The van der Waals surface area contributed by atoms with Crippen LogP contribution in [-0.4, -0.2) is 64.3 Å². The maximum absolute atomic E-state index is 14.6. The Bertz CT molecular complexity index is 1340. The Morgan fingerprint density at radius 2 is 1.91 bits per heavy atom. The number of rotatable bonds is 9. The van der Waals surface area contributed by atoms with Crippen molar-refractivity contribution in [3.8, 4) is 11.3 Å². The molecular weight excluding hydrogens is 455 g/mol. The van der Waals surface area contributed by atoms with Crippen LogP contribution < -0.4 is 10.6 Å². The summed E-state index contributed by atoms with van der Waals surface area (Å²) in [5, 5.41) is 5.41. The number of carbonyl (C=O) groups excluding carboxylic acids is 2. The minimum Gasteiger partial charge on any atom is -0.355 e. The third-order valence-corrected chi connectivity index (χ3v) is 6.72. The summed E-state index contributed by atoms with van der Waals surface area (Å²) in [6, 6.07) is 7.83. The quantitative estimate of drug-likeness (QED) is 0.356. The topological polar surface area (TPSA) is 91.6 Å². The van der Waals surface area contributed by atoms with Gasteiger partial charge in [0, 0.05) is 30.9 Å². The number of nitrogens with zero attached hydrogens (tertiary/aromatic N) is 4. The van der Waals surface area contributed by atoms with Crippen molar-refractivity contribution in [3.63, 3.8) is 0 Å². The normalized spacial score (nSPS) is 11.4. The van der Waals surface area contributed by atoms with Crippen molar-refractivity contribution in [2.45, 2.75) is 20.3 Å². The van der Waals surface area contributed by atoms with Crippen molar-refractivity contribution in [1.82, 2.24) is 29.9 Å². The molecule has 0 aliphatic carbocycles. The van der Waals surface area contributed by atoms with E-state index in [-0.39, 0.29) is 17.4 Å². The van der Waals surface area contributed by atoms with Crippen molar-refractivity contribution >= 4 is 38.5 Å². The number of imidazole rings is 1. The highest BCUT2D eigenvalue weighted by Gasteiger charge is 2.17. The van der Waals surface area contributed by atoms with Crippen LogP contribution in [0.1, 0.15) is 41.1 Å². The summed E-state index contributed by atoms with van der Waals surface area (Å²) >= 11 is 1.33. The molecule has 0 fully saturated rings. The molecule has 0 aliphatic heterocycles. The Kier molecular flexibility index (Phi) is 7.18. The van der Waals surface area contributed by atoms with Crippen LogP contribution in [0.2, 0.25) is 0 Å². The highest BCUT2D eigenvalue weighted by molar-refractivity contribution is 7.23. The Hall–Kier alpha value is -3.37. The Labute approximate surface area is 200 Å². The zero-order valence-corrected chi connectivity index (χ0v) is 20.2. The number of benzene rings is 1. The van der Waals surface area contributed by atoms with Gasteiger partial charge in [-0.25, -0.2) is 14.4 Å². The molecule has 10 heteroatoms. The molecule has 2 N–H and O–H groups in total. The van der Waals surface area contributed by atoms with Crippen LogP contribution in [0.25, 0.3) is 26.6 Å². The van der Waals surface area contributed by atoms with Crippen LogP contribution in [0.3, 0.4) is 0 Å². The Morgan fingerprint density at radius 3 is 2.62 bits per heavy atom. The molecule has 3 aromatic heterocycles. The number of thiazole rings is 1.